The molecule has 0 saturated carbocycles. The summed E-state index contributed by atoms with van der Waals surface area (Å²) in [6.45, 7) is 0. The van der Waals surface area contributed by atoms with Crippen molar-refractivity contribution in [3.05, 3.63) is 164 Å². The fraction of sp³-hybridized carbons (Fsp3) is 0. The summed E-state index contributed by atoms with van der Waals surface area (Å²) in [5.41, 5.74) is 8.06. The predicted octanol–water partition coefficient (Wildman–Crippen LogP) is 13.5. The van der Waals surface area contributed by atoms with E-state index in [0.29, 0.717) is 17.5 Å². The number of benzene rings is 9. The van der Waals surface area contributed by atoms with E-state index in [9.17, 15) is 0 Å². The van der Waals surface area contributed by atoms with Gasteiger partial charge in [0.05, 0.1) is 0 Å². The lowest BCUT2D eigenvalue weighted by Crippen LogP contribution is -2.01. The molecule has 53 heavy (non-hydrogen) atoms. The van der Waals surface area contributed by atoms with Gasteiger partial charge in [-0.2, -0.15) is 0 Å². The van der Waals surface area contributed by atoms with E-state index in [0.717, 1.165) is 27.5 Å². The van der Waals surface area contributed by atoms with Crippen molar-refractivity contribution < 1.29 is 0 Å². The highest BCUT2D eigenvalue weighted by atomic mass is 32.1. The first-order chi connectivity index (χ1) is 26.2. The largest absolute Gasteiger partial charge is 0.208 e. The van der Waals surface area contributed by atoms with Crippen molar-refractivity contribution in [2.45, 2.75) is 0 Å². The third-order valence-electron chi connectivity index (χ3n) is 11.0. The number of thiophene rings is 1. The minimum Gasteiger partial charge on any atom is -0.208 e. The van der Waals surface area contributed by atoms with E-state index < -0.39 is 0 Å². The molecule has 2 aromatic heterocycles. The molecule has 9 aromatic carbocycles. The standard InChI is InChI=1S/C49H27N3S/c1-2-11-31-25-33(22-19-28(31)9-1)47-50-48(34-23-24-36-32(26-34)21-20-29-10-3-4-14-35(29)36)52-49(51-47)41-27-40-37-16-7-12-30-13-8-17-39(43(30)37)45(40)46-44(41)38-15-5-6-18-42(38)53-46/h1-27H. The monoisotopic (exact) mass is 689 g/mol. The lowest BCUT2D eigenvalue weighted by molar-refractivity contribution is 1.08. The molecule has 0 bridgehead atoms. The lowest BCUT2D eigenvalue weighted by Gasteiger charge is -2.13. The molecule has 0 spiro atoms. The van der Waals surface area contributed by atoms with Gasteiger partial charge in [0, 0.05) is 42.4 Å². The summed E-state index contributed by atoms with van der Waals surface area (Å²) >= 11 is 1.86. The first-order valence-electron chi connectivity index (χ1n) is 17.9. The van der Waals surface area contributed by atoms with Crippen molar-refractivity contribution in [3.63, 3.8) is 0 Å². The van der Waals surface area contributed by atoms with Crippen molar-refractivity contribution in [1.82, 2.24) is 15.0 Å². The van der Waals surface area contributed by atoms with Gasteiger partial charge >= 0.3 is 0 Å². The first kappa shape index (κ1) is 28.9. The summed E-state index contributed by atoms with van der Waals surface area (Å²) in [6, 6.07) is 58.9. The SMILES string of the molecule is c1ccc2cc(-c3nc(-c4ccc5c(ccc6ccccc65)c4)nc(-c4cc5c(c6sc7ccccc7c46)-c4cccc6cccc-5c46)n3)ccc2c1. The Morgan fingerprint density at radius 2 is 0.943 bits per heavy atom. The second-order valence-corrected chi connectivity index (χ2v) is 15.0. The first-order valence-corrected chi connectivity index (χ1v) is 18.8. The fourth-order valence-electron chi connectivity index (χ4n) is 8.57. The molecule has 2 heterocycles. The Balaban J connectivity index is 1.16. The van der Waals surface area contributed by atoms with Crippen LogP contribution in [0.2, 0.25) is 0 Å². The van der Waals surface area contributed by atoms with Crippen molar-refractivity contribution in [3.8, 4) is 56.4 Å². The average Bonchev–Trinajstić information content (AvgIpc) is 3.77. The number of hydrogen-bond acceptors (Lipinski definition) is 4. The molecule has 0 N–H and O–H groups in total. The molecule has 0 amide bonds. The maximum atomic E-state index is 5.37. The Labute approximate surface area is 308 Å². The molecule has 12 rings (SSSR count). The highest BCUT2D eigenvalue weighted by molar-refractivity contribution is 7.26. The van der Waals surface area contributed by atoms with Crippen molar-refractivity contribution in [2.24, 2.45) is 0 Å². The molecule has 0 fully saturated rings. The smallest absolute Gasteiger partial charge is 0.164 e. The summed E-state index contributed by atoms with van der Waals surface area (Å²) < 4.78 is 2.53. The van der Waals surface area contributed by atoms with E-state index in [1.807, 2.05) is 11.3 Å². The molecular formula is C49H27N3S. The molecule has 0 unspecified atom stereocenters. The molecule has 11 aromatic rings. The fourth-order valence-corrected chi connectivity index (χ4v) is 9.86. The van der Waals surface area contributed by atoms with E-state index in [-0.39, 0.29) is 0 Å². The quantitative estimate of drug-likeness (QED) is 0.173. The second kappa shape index (κ2) is 10.9. The van der Waals surface area contributed by atoms with Crippen LogP contribution in [0.25, 0.3) is 120 Å². The van der Waals surface area contributed by atoms with Crippen LogP contribution in [-0.4, -0.2) is 15.0 Å². The van der Waals surface area contributed by atoms with E-state index in [4.69, 9.17) is 15.0 Å². The van der Waals surface area contributed by atoms with Gasteiger partial charge in [-0.1, -0.05) is 140 Å². The maximum Gasteiger partial charge on any atom is 0.164 e. The zero-order valence-corrected chi connectivity index (χ0v) is 29.2. The van der Waals surface area contributed by atoms with Gasteiger partial charge in [-0.05, 0) is 84.0 Å². The molecule has 244 valence electrons. The lowest BCUT2D eigenvalue weighted by atomic mass is 9.95. The van der Waals surface area contributed by atoms with Crippen molar-refractivity contribution in [2.75, 3.05) is 0 Å². The van der Waals surface area contributed by atoms with Gasteiger partial charge in [-0.25, -0.2) is 15.0 Å². The van der Waals surface area contributed by atoms with Gasteiger partial charge in [0.15, 0.2) is 17.5 Å². The molecule has 4 heteroatoms. The van der Waals surface area contributed by atoms with E-state index in [1.54, 1.807) is 0 Å². The minimum atomic E-state index is 0.659. The topological polar surface area (TPSA) is 38.7 Å². The van der Waals surface area contributed by atoms with Crippen LogP contribution < -0.4 is 0 Å². The van der Waals surface area contributed by atoms with Crippen molar-refractivity contribution in [1.29, 1.82) is 0 Å². The van der Waals surface area contributed by atoms with Crippen LogP contribution in [0.4, 0.5) is 0 Å². The Kier molecular flexibility index (Phi) is 5.93. The highest BCUT2D eigenvalue weighted by Gasteiger charge is 2.28. The van der Waals surface area contributed by atoms with Crippen LogP contribution in [0.1, 0.15) is 0 Å². The number of rotatable bonds is 3. The number of fused-ring (bicyclic) bond motifs is 11. The third kappa shape index (κ3) is 4.24. The molecule has 0 aliphatic heterocycles. The number of hydrogen-bond donors (Lipinski definition) is 0. The Morgan fingerprint density at radius 3 is 1.79 bits per heavy atom. The zero-order chi connectivity index (χ0) is 34.6. The summed E-state index contributed by atoms with van der Waals surface area (Å²) in [5.74, 6) is 2.00. The van der Waals surface area contributed by atoms with Crippen LogP contribution in [-0.2, 0) is 0 Å². The predicted molar refractivity (Wildman–Crippen MR) is 223 cm³/mol. The van der Waals surface area contributed by atoms with Crippen LogP contribution in [0, 0.1) is 0 Å². The van der Waals surface area contributed by atoms with Gasteiger partial charge in [0.25, 0.3) is 0 Å². The third-order valence-corrected chi connectivity index (χ3v) is 12.2. The number of nitrogens with zero attached hydrogens (tertiary/aromatic N) is 3. The maximum absolute atomic E-state index is 5.37. The van der Waals surface area contributed by atoms with E-state index in [2.05, 4.69) is 164 Å². The van der Waals surface area contributed by atoms with Crippen LogP contribution in [0.5, 0.6) is 0 Å². The van der Waals surface area contributed by atoms with Crippen LogP contribution in [0.15, 0.2) is 164 Å². The summed E-state index contributed by atoms with van der Waals surface area (Å²) in [5, 5.41) is 12.2. The molecule has 0 radical (unpaired) electrons. The van der Waals surface area contributed by atoms with Gasteiger partial charge in [0.2, 0.25) is 0 Å². The molecule has 0 saturated heterocycles. The summed E-state index contributed by atoms with van der Waals surface area (Å²) in [4.78, 5) is 15.9. The Hall–Kier alpha value is -6.75. The molecule has 0 atom stereocenters. The Bertz CT molecular complexity index is 3350. The summed E-state index contributed by atoms with van der Waals surface area (Å²) in [6.07, 6.45) is 0. The Morgan fingerprint density at radius 1 is 0.340 bits per heavy atom. The summed E-state index contributed by atoms with van der Waals surface area (Å²) in [7, 11) is 0. The number of aromatic nitrogens is 3. The van der Waals surface area contributed by atoms with Gasteiger partial charge < -0.3 is 0 Å². The molecule has 3 nitrogen and oxygen atoms in total. The van der Waals surface area contributed by atoms with Gasteiger partial charge in [-0.3, -0.25) is 0 Å². The van der Waals surface area contributed by atoms with Crippen LogP contribution in [0.3, 0.4) is 0 Å². The second-order valence-electron chi connectivity index (χ2n) is 13.9. The average molecular weight is 690 g/mol. The van der Waals surface area contributed by atoms with Crippen molar-refractivity contribution >= 4 is 74.6 Å². The minimum absolute atomic E-state index is 0.659. The van der Waals surface area contributed by atoms with Crippen LogP contribution >= 0.6 is 11.3 Å². The van der Waals surface area contributed by atoms with Gasteiger partial charge in [-0.15, -0.1) is 11.3 Å². The van der Waals surface area contributed by atoms with Gasteiger partial charge in [0.1, 0.15) is 0 Å². The molecular weight excluding hydrogens is 663 g/mol. The highest BCUT2D eigenvalue weighted by Crippen LogP contribution is 2.55. The molecule has 1 aliphatic rings. The normalized spacial score (nSPS) is 12.2. The molecule has 1 aliphatic carbocycles. The van der Waals surface area contributed by atoms with E-state index in [1.165, 1.54) is 74.7 Å². The van der Waals surface area contributed by atoms with E-state index >= 15 is 0 Å². The zero-order valence-electron chi connectivity index (χ0n) is 28.3.